The van der Waals surface area contributed by atoms with Crippen molar-refractivity contribution < 1.29 is 14.3 Å². The summed E-state index contributed by atoms with van der Waals surface area (Å²) in [5, 5.41) is 0.525. The lowest BCUT2D eigenvalue weighted by Crippen LogP contribution is -2.49. The summed E-state index contributed by atoms with van der Waals surface area (Å²) in [4.78, 5) is 15.7. The number of para-hydroxylation sites is 1. The molecule has 0 saturated carbocycles. The average Bonchev–Trinajstić information content (AvgIpc) is 2.78. The van der Waals surface area contributed by atoms with Gasteiger partial charge in [-0.15, -0.1) is 11.8 Å². The topological polar surface area (TPSA) is 38.8 Å². The quantitative estimate of drug-likeness (QED) is 0.791. The average molecular weight is 349 g/mol. The third kappa shape index (κ3) is 3.82. The van der Waals surface area contributed by atoms with Crippen molar-refractivity contribution in [2.45, 2.75) is 74.3 Å². The van der Waals surface area contributed by atoms with Crippen LogP contribution < -0.4 is 4.74 Å². The molecule has 3 atom stereocenters. The van der Waals surface area contributed by atoms with Gasteiger partial charge in [0.25, 0.3) is 0 Å². The third-order valence-corrected chi connectivity index (χ3v) is 5.97. The SMILES string of the molecule is COc1ccccc1SC1C[C@H]2CC[C@@H](C1)N2C(=O)OC(C)(C)C. The van der Waals surface area contributed by atoms with E-state index >= 15 is 0 Å². The summed E-state index contributed by atoms with van der Waals surface area (Å²) >= 11 is 1.89. The van der Waals surface area contributed by atoms with Crippen LogP contribution >= 0.6 is 11.8 Å². The standard InChI is InChI=1S/C19H27NO3S/c1-19(2,3)23-18(21)20-13-9-10-14(20)12-15(11-13)24-17-8-6-5-7-16(17)22-4/h5-8,13-15H,9-12H2,1-4H3/t13-,14+,15?. The molecule has 3 rings (SSSR count). The highest BCUT2D eigenvalue weighted by Gasteiger charge is 2.45. The summed E-state index contributed by atoms with van der Waals surface area (Å²) in [6, 6.07) is 8.79. The summed E-state index contributed by atoms with van der Waals surface area (Å²) < 4.78 is 11.1. The van der Waals surface area contributed by atoms with Crippen LogP contribution in [-0.4, -0.2) is 41.0 Å². The van der Waals surface area contributed by atoms with Crippen LogP contribution in [0.1, 0.15) is 46.5 Å². The van der Waals surface area contributed by atoms with E-state index in [9.17, 15) is 4.79 Å². The van der Waals surface area contributed by atoms with Gasteiger partial charge in [-0.1, -0.05) is 12.1 Å². The largest absolute Gasteiger partial charge is 0.496 e. The smallest absolute Gasteiger partial charge is 0.410 e. The Morgan fingerprint density at radius 1 is 1.17 bits per heavy atom. The lowest BCUT2D eigenvalue weighted by atomic mass is 10.0. The fraction of sp³-hybridized carbons (Fsp3) is 0.632. The lowest BCUT2D eigenvalue weighted by Gasteiger charge is -2.39. The molecular weight excluding hydrogens is 322 g/mol. The summed E-state index contributed by atoms with van der Waals surface area (Å²) in [7, 11) is 1.72. The molecule has 0 N–H and O–H groups in total. The number of ether oxygens (including phenoxy) is 2. The van der Waals surface area contributed by atoms with Crippen LogP contribution in [-0.2, 0) is 4.74 Å². The van der Waals surface area contributed by atoms with Crippen LogP contribution in [0.5, 0.6) is 5.75 Å². The minimum Gasteiger partial charge on any atom is -0.496 e. The molecular formula is C19H27NO3S. The van der Waals surface area contributed by atoms with Crippen LogP contribution in [0.15, 0.2) is 29.2 Å². The normalized spacial score (nSPS) is 26.3. The van der Waals surface area contributed by atoms with Crippen LogP contribution in [0.2, 0.25) is 0 Å². The molecule has 132 valence electrons. The molecule has 2 fully saturated rings. The molecule has 24 heavy (non-hydrogen) atoms. The number of amides is 1. The maximum Gasteiger partial charge on any atom is 0.410 e. The van der Waals surface area contributed by atoms with E-state index in [1.807, 2.05) is 49.6 Å². The van der Waals surface area contributed by atoms with Crippen LogP contribution in [0.3, 0.4) is 0 Å². The molecule has 0 aromatic heterocycles. The van der Waals surface area contributed by atoms with Gasteiger partial charge >= 0.3 is 6.09 Å². The first kappa shape index (κ1) is 17.5. The molecule has 1 aromatic rings. The minimum atomic E-state index is -0.431. The number of methoxy groups -OCH3 is 1. The first-order valence-electron chi connectivity index (χ1n) is 8.68. The van der Waals surface area contributed by atoms with Gasteiger partial charge in [-0.3, -0.25) is 0 Å². The number of hydrogen-bond donors (Lipinski definition) is 0. The molecule has 0 aliphatic carbocycles. The van der Waals surface area contributed by atoms with E-state index in [0.29, 0.717) is 17.3 Å². The fourth-order valence-electron chi connectivity index (χ4n) is 3.73. The maximum absolute atomic E-state index is 12.5. The highest BCUT2D eigenvalue weighted by atomic mass is 32.2. The van der Waals surface area contributed by atoms with E-state index in [1.54, 1.807) is 7.11 Å². The summed E-state index contributed by atoms with van der Waals surface area (Å²) in [5.41, 5.74) is -0.431. The van der Waals surface area contributed by atoms with Crippen molar-refractivity contribution >= 4 is 17.9 Å². The van der Waals surface area contributed by atoms with Crippen molar-refractivity contribution in [2.24, 2.45) is 0 Å². The van der Waals surface area contributed by atoms with E-state index in [0.717, 1.165) is 31.4 Å². The first-order valence-corrected chi connectivity index (χ1v) is 9.56. The molecule has 1 amide bonds. The highest BCUT2D eigenvalue weighted by Crippen LogP contribution is 2.44. The van der Waals surface area contributed by atoms with Crippen LogP contribution in [0, 0.1) is 0 Å². The van der Waals surface area contributed by atoms with Gasteiger partial charge in [0.2, 0.25) is 0 Å². The molecule has 1 unspecified atom stereocenters. The van der Waals surface area contributed by atoms with Gasteiger partial charge < -0.3 is 14.4 Å². The fourth-order valence-corrected chi connectivity index (χ4v) is 5.15. The van der Waals surface area contributed by atoms with E-state index in [1.165, 1.54) is 4.90 Å². The van der Waals surface area contributed by atoms with E-state index in [-0.39, 0.29) is 6.09 Å². The molecule has 0 radical (unpaired) electrons. The Bertz CT molecular complexity index is 585. The second kappa shape index (κ2) is 6.87. The summed E-state index contributed by atoms with van der Waals surface area (Å²) in [6.07, 6.45) is 4.09. The van der Waals surface area contributed by atoms with Crippen LogP contribution in [0.25, 0.3) is 0 Å². The van der Waals surface area contributed by atoms with Gasteiger partial charge in [-0.05, 0) is 58.6 Å². The van der Waals surface area contributed by atoms with Gasteiger partial charge in [-0.25, -0.2) is 4.79 Å². The predicted molar refractivity (Wildman–Crippen MR) is 96.8 cm³/mol. The van der Waals surface area contributed by atoms with E-state index in [4.69, 9.17) is 9.47 Å². The van der Waals surface area contributed by atoms with Gasteiger partial charge in [0, 0.05) is 22.2 Å². The molecule has 1 aromatic carbocycles. The molecule has 2 bridgehead atoms. The van der Waals surface area contributed by atoms with Crippen molar-refractivity contribution in [3.8, 4) is 5.75 Å². The number of nitrogens with zero attached hydrogens (tertiary/aromatic N) is 1. The third-order valence-electron chi connectivity index (χ3n) is 4.66. The monoisotopic (exact) mass is 349 g/mol. The van der Waals surface area contributed by atoms with Crippen molar-refractivity contribution in [1.82, 2.24) is 4.90 Å². The Morgan fingerprint density at radius 2 is 1.79 bits per heavy atom. The van der Waals surface area contributed by atoms with Crippen molar-refractivity contribution in [2.75, 3.05) is 7.11 Å². The predicted octanol–water partition coefficient (Wildman–Crippen LogP) is 4.72. The minimum absolute atomic E-state index is 0.143. The number of thioether (sulfide) groups is 1. The van der Waals surface area contributed by atoms with E-state index in [2.05, 4.69) is 12.1 Å². The lowest BCUT2D eigenvalue weighted by molar-refractivity contribution is 0.00842. The first-order chi connectivity index (χ1) is 11.4. The van der Waals surface area contributed by atoms with Gasteiger partial charge in [0.15, 0.2) is 0 Å². The zero-order valence-electron chi connectivity index (χ0n) is 15.0. The van der Waals surface area contributed by atoms with Crippen molar-refractivity contribution in [3.63, 3.8) is 0 Å². The van der Waals surface area contributed by atoms with E-state index < -0.39 is 5.60 Å². The maximum atomic E-state index is 12.5. The molecule has 2 aliphatic heterocycles. The molecule has 5 heteroatoms. The Hall–Kier alpha value is -1.36. The van der Waals surface area contributed by atoms with Gasteiger partial charge in [0.05, 0.1) is 7.11 Å². The Kier molecular flexibility index (Phi) is 5.00. The number of fused-ring (bicyclic) bond motifs is 2. The number of rotatable bonds is 3. The van der Waals surface area contributed by atoms with Gasteiger partial charge in [-0.2, -0.15) is 0 Å². The zero-order chi connectivity index (χ0) is 17.3. The van der Waals surface area contributed by atoms with Crippen LogP contribution in [0.4, 0.5) is 4.79 Å². The number of carbonyl (C=O) groups is 1. The molecule has 2 saturated heterocycles. The molecule has 2 heterocycles. The second-order valence-electron chi connectivity index (χ2n) is 7.63. The number of piperidine rings is 1. The summed E-state index contributed by atoms with van der Waals surface area (Å²) in [5.74, 6) is 0.935. The molecule has 0 spiro atoms. The Labute approximate surface area is 148 Å². The number of hydrogen-bond acceptors (Lipinski definition) is 4. The zero-order valence-corrected chi connectivity index (χ0v) is 15.8. The second-order valence-corrected chi connectivity index (χ2v) is 8.98. The van der Waals surface area contributed by atoms with Crippen molar-refractivity contribution in [1.29, 1.82) is 0 Å². The number of benzene rings is 1. The van der Waals surface area contributed by atoms with Gasteiger partial charge in [0.1, 0.15) is 11.4 Å². The molecule has 2 aliphatic rings. The Balaban J connectivity index is 1.66. The highest BCUT2D eigenvalue weighted by molar-refractivity contribution is 8.00. The summed E-state index contributed by atoms with van der Waals surface area (Å²) in [6.45, 7) is 5.78. The number of carbonyl (C=O) groups excluding carboxylic acids is 1. The molecule has 4 nitrogen and oxygen atoms in total. The van der Waals surface area contributed by atoms with Crippen molar-refractivity contribution in [3.05, 3.63) is 24.3 Å². The Morgan fingerprint density at radius 3 is 2.38 bits per heavy atom.